The molecular formula is C30H47N7. The van der Waals surface area contributed by atoms with Gasteiger partial charge in [0, 0.05) is 75.6 Å². The van der Waals surface area contributed by atoms with E-state index in [-0.39, 0.29) is 6.17 Å². The van der Waals surface area contributed by atoms with Crippen LogP contribution < -0.4 is 5.32 Å². The summed E-state index contributed by atoms with van der Waals surface area (Å²) in [5, 5.41) is 4.82. The molecule has 0 amide bonds. The number of imidazole rings is 1. The number of hydrogen-bond donors (Lipinski definition) is 1. The maximum Gasteiger partial charge on any atom is 0.122 e. The Bertz CT molecular complexity index is 1140. The summed E-state index contributed by atoms with van der Waals surface area (Å²) >= 11 is 0. The molecule has 1 atom stereocenters. The molecule has 202 valence electrons. The van der Waals surface area contributed by atoms with Crippen LogP contribution >= 0.6 is 0 Å². The second-order valence-corrected chi connectivity index (χ2v) is 10.7. The van der Waals surface area contributed by atoms with E-state index >= 15 is 0 Å². The van der Waals surface area contributed by atoms with Gasteiger partial charge in [-0.2, -0.15) is 0 Å². The number of unbranched alkanes of at least 4 members (excludes halogenated alkanes) is 1. The van der Waals surface area contributed by atoms with Gasteiger partial charge in [-0.1, -0.05) is 19.9 Å². The van der Waals surface area contributed by atoms with Gasteiger partial charge in [-0.25, -0.2) is 4.98 Å². The molecule has 1 unspecified atom stereocenters. The molecule has 3 heterocycles. The van der Waals surface area contributed by atoms with Crippen LogP contribution in [0.4, 0.5) is 0 Å². The van der Waals surface area contributed by atoms with Crippen molar-refractivity contribution in [2.75, 3.05) is 33.2 Å². The van der Waals surface area contributed by atoms with E-state index in [2.05, 4.69) is 99.6 Å². The Morgan fingerprint density at radius 1 is 0.946 bits per heavy atom. The minimum absolute atomic E-state index is 0.276. The van der Waals surface area contributed by atoms with Crippen LogP contribution in [0.25, 0.3) is 10.9 Å². The number of hydrogen-bond acceptors (Lipinski definition) is 5. The van der Waals surface area contributed by atoms with Crippen molar-refractivity contribution >= 4 is 10.9 Å². The molecule has 2 aromatic heterocycles. The Morgan fingerprint density at radius 2 is 1.76 bits per heavy atom. The van der Waals surface area contributed by atoms with Crippen LogP contribution in [0, 0.1) is 0 Å². The molecule has 1 aliphatic heterocycles. The average Bonchev–Trinajstić information content (AvgIpc) is 3.56. The number of rotatable bonds is 15. The molecule has 4 rings (SSSR count). The van der Waals surface area contributed by atoms with Crippen molar-refractivity contribution in [2.45, 2.75) is 65.2 Å². The number of nitrogens with zero attached hydrogens (tertiary/aromatic N) is 6. The molecular weight excluding hydrogens is 458 g/mol. The largest absolute Gasteiger partial charge is 0.369 e. The smallest absolute Gasteiger partial charge is 0.122 e. The van der Waals surface area contributed by atoms with Crippen LogP contribution in [0.15, 0.2) is 49.1 Å². The van der Waals surface area contributed by atoms with Gasteiger partial charge in [-0.05, 0) is 75.5 Å². The van der Waals surface area contributed by atoms with Crippen LogP contribution in [0.3, 0.4) is 0 Å². The van der Waals surface area contributed by atoms with Gasteiger partial charge in [0.05, 0.1) is 6.54 Å². The molecule has 1 N–H and O–H groups in total. The summed E-state index contributed by atoms with van der Waals surface area (Å²) in [6, 6.07) is 9.40. The number of likely N-dealkylation sites (N-methyl/N-ethyl adjacent to an activating group) is 1. The van der Waals surface area contributed by atoms with E-state index in [9.17, 15) is 0 Å². The third-order valence-corrected chi connectivity index (χ3v) is 7.66. The average molecular weight is 506 g/mol. The molecule has 3 aromatic rings. The van der Waals surface area contributed by atoms with Crippen LogP contribution in [-0.4, -0.2) is 68.2 Å². The number of aryl methyl sites for hydroxylation is 3. The van der Waals surface area contributed by atoms with Crippen molar-refractivity contribution in [3.05, 3.63) is 66.1 Å². The van der Waals surface area contributed by atoms with E-state index in [4.69, 9.17) is 0 Å². The summed E-state index contributed by atoms with van der Waals surface area (Å²) in [6.45, 7) is 10.9. The zero-order chi connectivity index (χ0) is 26.2. The number of nitrogens with one attached hydrogen (secondary N) is 1. The number of benzene rings is 1. The maximum atomic E-state index is 4.59. The fourth-order valence-electron chi connectivity index (χ4n) is 5.51. The summed E-state index contributed by atoms with van der Waals surface area (Å²) < 4.78 is 4.51. The van der Waals surface area contributed by atoms with Gasteiger partial charge in [-0.3, -0.25) is 4.90 Å². The molecule has 0 saturated carbocycles. The van der Waals surface area contributed by atoms with Crippen molar-refractivity contribution in [1.29, 1.82) is 0 Å². The third-order valence-electron chi connectivity index (χ3n) is 7.66. The van der Waals surface area contributed by atoms with E-state index in [1.54, 1.807) is 0 Å². The highest BCUT2D eigenvalue weighted by Gasteiger charge is 2.20. The highest BCUT2D eigenvalue weighted by atomic mass is 15.3. The fourth-order valence-corrected chi connectivity index (χ4v) is 5.51. The lowest BCUT2D eigenvalue weighted by Crippen LogP contribution is -2.43. The molecule has 1 aromatic carbocycles. The Balaban J connectivity index is 1.41. The Morgan fingerprint density at radius 3 is 2.43 bits per heavy atom. The monoisotopic (exact) mass is 505 g/mol. The van der Waals surface area contributed by atoms with Crippen molar-refractivity contribution in [2.24, 2.45) is 14.1 Å². The lowest BCUT2D eigenvalue weighted by molar-refractivity contribution is 0.176. The van der Waals surface area contributed by atoms with E-state index in [1.165, 1.54) is 67.5 Å². The number of fused-ring (bicyclic) bond motifs is 1. The highest BCUT2D eigenvalue weighted by Crippen LogP contribution is 2.23. The van der Waals surface area contributed by atoms with Gasteiger partial charge in [0.25, 0.3) is 0 Å². The zero-order valence-electron chi connectivity index (χ0n) is 23.7. The Kier molecular flexibility index (Phi) is 9.69. The van der Waals surface area contributed by atoms with Crippen LogP contribution in [0.1, 0.15) is 56.6 Å². The van der Waals surface area contributed by atoms with Gasteiger partial charge in [-0.15, -0.1) is 0 Å². The minimum Gasteiger partial charge on any atom is -0.369 e. The van der Waals surface area contributed by atoms with Gasteiger partial charge < -0.3 is 24.3 Å². The molecule has 0 radical (unpaired) electrons. The van der Waals surface area contributed by atoms with Crippen molar-refractivity contribution in [3.8, 4) is 0 Å². The Hall–Kier alpha value is -2.77. The predicted octanol–water partition coefficient (Wildman–Crippen LogP) is 4.69. The SMILES string of the molecule is CCCN(CCC)CCCCc1cc2cc(CN(Cc3nccn3C)CC3NC=CN3C)ccc2n1C. The minimum atomic E-state index is 0.276. The van der Waals surface area contributed by atoms with Gasteiger partial charge in [0.1, 0.15) is 12.0 Å². The molecule has 7 heteroatoms. The van der Waals surface area contributed by atoms with E-state index in [0.717, 1.165) is 31.9 Å². The summed E-state index contributed by atoms with van der Waals surface area (Å²) in [4.78, 5) is 11.9. The van der Waals surface area contributed by atoms with Gasteiger partial charge >= 0.3 is 0 Å². The summed E-state index contributed by atoms with van der Waals surface area (Å²) in [5.41, 5.74) is 4.12. The van der Waals surface area contributed by atoms with Crippen LogP contribution in [0.5, 0.6) is 0 Å². The van der Waals surface area contributed by atoms with Crippen molar-refractivity contribution < 1.29 is 0 Å². The zero-order valence-corrected chi connectivity index (χ0v) is 23.7. The molecule has 0 bridgehead atoms. The molecule has 7 nitrogen and oxygen atoms in total. The van der Waals surface area contributed by atoms with Crippen molar-refractivity contribution in [3.63, 3.8) is 0 Å². The first-order valence-corrected chi connectivity index (χ1v) is 14.1. The Labute approximate surface area is 223 Å². The standard InChI is InChI=1S/C30H47N7/c1-6-15-36(16-7-2)17-9-8-10-27-21-26-20-25(11-12-28(26)35(27)5)22-37(23-29-31-13-18-33(29)3)24-30-32-14-19-34(30)4/h11-14,18-21,29,31H,6-10,15-17,22-24H2,1-5H3. The lowest BCUT2D eigenvalue weighted by Gasteiger charge is -2.29. The van der Waals surface area contributed by atoms with E-state index in [0.29, 0.717) is 0 Å². The second kappa shape index (κ2) is 13.2. The van der Waals surface area contributed by atoms with Crippen LogP contribution in [0.2, 0.25) is 0 Å². The molecule has 37 heavy (non-hydrogen) atoms. The first kappa shape index (κ1) is 27.3. The van der Waals surface area contributed by atoms with E-state index in [1.807, 2.05) is 18.6 Å². The van der Waals surface area contributed by atoms with Crippen molar-refractivity contribution in [1.82, 2.24) is 34.1 Å². The summed E-state index contributed by atoms with van der Waals surface area (Å²) in [5.74, 6) is 1.09. The first-order valence-electron chi connectivity index (χ1n) is 14.1. The normalized spacial score (nSPS) is 15.5. The molecule has 0 aliphatic carbocycles. The van der Waals surface area contributed by atoms with Crippen LogP contribution in [-0.2, 0) is 33.6 Å². The summed E-state index contributed by atoms with van der Waals surface area (Å²) in [7, 11) is 6.42. The lowest BCUT2D eigenvalue weighted by atomic mass is 10.1. The molecule has 1 aliphatic rings. The molecule has 0 saturated heterocycles. The molecule has 0 fully saturated rings. The summed E-state index contributed by atoms with van der Waals surface area (Å²) in [6.07, 6.45) is 14.5. The van der Waals surface area contributed by atoms with Gasteiger partial charge in [0.2, 0.25) is 0 Å². The first-order chi connectivity index (χ1) is 18.0. The predicted molar refractivity (Wildman–Crippen MR) is 154 cm³/mol. The van der Waals surface area contributed by atoms with Gasteiger partial charge in [0.15, 0.2) is 0 Å². The fraction of sp³-hybridized carbons (Fsp3) is 0.567. The highest BCUT2D eigenvalue weighted by molar-refractivity contribution is 5.82. The van der Waals surface area contributed by atoms with E-state index < -0.39 is 0 Å². The topological polar surface area (TPSA) is 44.5 Å². The molecule has 0 spiro atoms. The maximum absolute atomic E-state index is 4.59. The quantitative estimate of drug-likeness (QED) is 0.304. The number of aromatic nitrogens is 3. The third kappa shape index (κ3) is 7.17. The second-order valence-electron chi connectivity index (χ2n) is 10.7.